The van der Waals surface area contributed by atoms with Gasteiger partial charge < -0.3 is 101 Å². The molecule has 0 aromatic heterocycles. The zero-order valence-electron chi connectivity index (χ0n) is 13.3. The standard InChI is InChI=1S/2Na.3H4O4Si.8H2O.Zr/c;;3*1-5(2,3)4;;;;;;;;;/h;;3*1-4H;8*1H2;/q2*+1;;;;;;;;;;;;/p-2. The van der Waals surface area contributed by atoms with Gasteiger partial charge in [-0.1, -0.05) is 0 Å². The summed E-state index contributed by atoms with van der Waals surface area (Å²) in [6.45, 7) is 0. The predicted molar refractivity (Wildman–Crippen MR) is 69.4 cm³/mol. The molecule has 0 heterocycles. The van der Waals surface area contributed by atoms with Gasteiger partial charge >= 0.3 is 86.3 Å². The van der Waals surface area contributed by atoms with E-state index in [9.17, 15) is 0 Å². The van der Waals surface area contributed by atoms with Crippen molar-refractivity contribution in [2.45, 2.75) is 0 Å². The van der Waals surface area contributed by atoms with Crippen LogP contribution in [0.2, 0.25) is 0 Å². The molecule has 0 saturated carbocycles. The van der Waals surface area contributed by atoms with E-state index < -0.39 is 27.1 Å². The summed E-state index contributed by atoms with van der Waals surface area (Å²) in [7, 11) is -13.8. The fraction of sp³-hybridized carbons (Fsp3) is 0. The average molecular weight is 568 g/mol. The molecule has 0 aliphatic rings. The molecule has 26 heavy (non-hydrogen) atoms. The molecule has 20 nitrogen and oxygen atoms in total. The molecule has 0 spiro atoms. The summed E-state index contributed by atoms with van der Waals surface area (Å²) < 4.78 is 0. The van der Waals surface area contributed by atoms with Crippen LogP contribution in [0.3, 0.4) is 0 Å². The predicted octanol–water partition coefficient (Wildman–Crippen LogP) is -19.1. The molecule has 0 rings (SSSR count). The first kappa shape index (κ1) is 102. The van der Waals surface area contributed by atoms with Crippen LogP contribution in [0.15, 0.2) is 0 Å². The molecule has 26 heteroatoms. The maximum atomic E-state index is 7.33. The van der Waals surface area contributed by atoms with Crippen LogP contribution < -0.4 is 59.1 Å². The minimum absolute atomic E-state index is 0. The smallest absolute Gasteiger partial charge is 0.870 e. The quantitative estimate of drug-likeness (QED) is 0.121. The van der Waals surface area contributed by atoms with Crippen molar-refractivity contribution in [1.82, 2.24) is 0 Å². The summed E-state index contributed by atoms with van der Waals surface area (Å²) in [5.41, 5.74) is 0. The van der Waals surface area contributed by atoms with Crippen LogP contribution in [0.25, 0.3) is 0 Å². The van der Waals surface area contributed by atoms with Crippen LogP contribution >= 0.6 is 0 Å². The molecule has 164 valence electrons. The molecule has 0 aromatic carbocycles. The molecular weight excluding hydrogens is 541 g/mol. The third-order valence-corrected chi connectivity index (χ3v) is 0. The summed E-state index contributed by atoms with van der Waals surface area (Å²) in [5.74, 6) is 0. The average Bonchev–Trinajstić information content (AvgIpc) is 1.41. The zero-order chi connectivity index (χ0) is 13.5. The Morgan fingerprint density at radius 2 is 0.308 bits per heavy atom. The van der Waals surface area contributed by atoms with Crippen LogP contribution in [0.4, 0.5) is 0 Å². The molecule has 0 aliphatic heterocycles. The maximum absolute atomic E-state index is 7.33. The molecule has 26 N–H and O–H groups in total. The van der Waals surface area contributed by atoms with Crippen molar-refractivity contribution in [3.05, 3.63) is 0 Å². The number of hydrogen-bond donors (Lipinski definition) is 12. The van der Waals surface area contributed by atoms with Gasteiger partial charge in [0.05, 0.1) is 0 Å². The Morgan fingerprint density at radius 3 is 0.308 bits per heavy atom. The maximum Gasteiger partial charge on any atom is 1.00 e. The Hall–Kier alpha value is 2.73. The van der Waals surface area contributed by atoms with E-state index in [1.165, 1.54) is 0 Å². The van der Waals surface area contributed by atoms with Crippen LogP contribution in [-0.4, -0.2) is 129 Å². The third kappa shape index (κ3) is 2370. The molecule has 0 fully saturated rings. The third-order valence-electron chi connectivity index (χ3n) is 0. The second-order valence-corrected chi connectivity index (χ2v) is 5.40. The van der Waals surface area contributed by atoms with Crippen LogP contribution in [0.5, 0.6) is 0 Å². The monoisotopic (exact) mass is 566 g/mol. The molecule has 0 bridgehead atoms. The van der Waals surface area contributed by atoms with Crippen LogP contribution in [-0.2, 0) is 26.2 Å². The second kappa shape index (κ2) is 46.1. The molecule has 0 atom stereocenters. The van der Waals surface area contributed by atoms with Gasteiger partial charge in [-0.3, -0.25) is 0 Å². The SMILES string of the molecule is O.O.O.O.O.O.O[Si](O)(O)O.O[Si](O)(O)O.O[Si](O)(O)O.[Na+].[Na+].[OH-].[OH-].[Zr]. The first-order valence-corrected chi connectivity index (χ1v) is 8.05. The Labute approximate surface area is 211 Å². The first-order valence-electron chi connectivity index (χ1n) is 2.68. The molecule has 0 radical (unpaired) electrons. The van der Waals surface area contributed by atoms with Gasteiger partial charge in [0.2, 0.25) is 0 Å². The molecule has 0 aliphatic carbocycles. The normalized spacial score (nSPS) is 6.92. The Kier molecular flexibility index (Phi) is 181. The van der Waals surface area contributed by atoms with E-state index in [0.717, 1.165) is 0 Å². The van der Waals surface area contributed by atoms with Crippen molar-refractivity contribution in [3.63, 3.8) is 0 Å². The Morgan fingerprint density at radius 1 is 0.308 bits per heavy atom. The summed E-state index contributed by atoms with van der Waals surface area (Å²) in [6.07, 6.45) is 0. The first-order chi connectivity index (χ1) is 6.00. The van der Waals surface area contributed by atoms with Gasteiger partial charge in [-0.15, -0.1) is 0 Å². The molecule has 0 aromatic rings. The minimum atomic E-state index is -4.61. The van der Waals surface area contributed by atoms with Crippen molar-refractivity contribution < 1.29 is 187 Å². The van der Waals surface area contributed by atoms with E-state index in [-0.39, 0.29) is 129 Å². The summed E-state index contributed by atoms with van der Waals surface area (Å²) >= 11 is 0. The van der Waals surface area contributed by atoms with E-state index in [2.05, 4.69) is 0 Å². The van der Waals surface area contributed by atoms with Crippen molar-refractivity contribution in [3.8, 4) is 0 Å². The van der Waals surface area contributed by atoms with Gasteiger partial charge in [0.25, 0.3) is 0 Å². The van der Waals surface area contributed by atoms with Gasteiger partial charge in [0.1, 0.15) is 0 Å². The van der Waals surface area contributed by atoms with Crippen molar-refractivity contribution in [2.75, 3.05) is 0 Å². The Bertz CT molecular complexity index is 104. The van der Waals surface area contributed by atoms with E-state index in [1.54, 1.807) is 0 Å². The topological polar surface area (TPSA) is 492 Å². The number of hydrogen-bond acceptors (Lipinski definition) is 14. The fourth-order valence-corrected chi connectivity index (χ4v) is 0. The molecular formula is H26Na2O20Si3Zr. The molecule has 0 saturated heterocycles. The van der Waals surface area contributed by atoms with Gasteiger partial charge in [-0.25, -0.2) is 0 Å². The van der Waals surface area contributed by atoms with E-state index >= 15 is 0 Å². The van der Waals surface area contributed by atoms with E-state index in [1.807, 2.05) is 0 Å². The van der Waals surface area contributed by atoms with E-state index in [4.69, 9.17) is 57.5 Å². The summed E-state index contributed by atoms with van der Waals surface area (Å²) in [4.78, 5) is 87.9. The molecule has 0 amide bonds. The largest absolute Gasteiger partial charge is 1.00 e. The second-order valence-electron chi connectivity index (χ2n) is 1.80. The fourth-order valence-electron chi connectivity index (χ4n) is 0. The van der Waals surface area contributed by atoms with Gasteiger partial charge in [-0.2, -0.15) is 0 Å². The minimum Gasteiger partial charge on any atom is -0.870 e. The van der Waals surface area contributed by atoms with Crippen LogP contribution in [0, 0.1) is 0 Å². The Balaban J connectivity index is -0.00000000571. The number of rotatable bonds is 0. The summed E-state index contributed by atoms with van der Waals surface area (Å²) in [5, 5.41) is 0. The van der Waals surface area contributed by atoms with Crippen molar-refractivity contribution in [1.29, 1.82) is 0 Å². The van der Waals surface area contributed by atoms with Gasteiger partial charge in [0.15, 0.2) is 0 Å². The zero-order valence-corrected chi connectivity index (χ0v) is 22.7. The molecule has 0 unspecified atom stereocenters. The van der Waals surface area contributed by atoms with Crippen LogP contribution in [0.1, 0.15) is 0 Å². The summed E-state index contributed by atoms with van der Waals surface area (Å²) in [6, 6.07) is 0. The van der Waals surface area contributed by atoms with E-state index in [0.29, 0.717) is 0 Å². The van der Waals surface area contributed by atoms with Gasteiger partial charge in [-0.05, 0) is 0 Å². The van der Waals surface area contributed by atoms with Crippen molar-refractivity contribution >= 4 is 27.1 Å². The van der Waals surface area contributed by atoms with Gasteiger partial charge in [0, 0.05) is 26.2 Å². The van der Waals surface area contributed by atoms with Crippen molar-refractivity contribution in [2.24, 2.45) is 0 Å².